The number of amides is 1. The first-order valence-corrected chi connectivity index (χ1v) is 7.72. The summed E-state index contributed by atoms with van der Waals surface area (Å²) in [6.45, 7) is -0.534. The molecule has 0 aliphatic heterocycles. The Kier molecular flexibility index (Phi) is 6.90. The summed E-state index contributed by atoms with van der Waals surface area (Å²) in [6.07, 6.45) is 1.36. The Bertz CT molecular complexity index is 764. The predicted octanol–water partition coefficient (Wildman–Crippen LogP) is 3.46. The summed E-state index contributed by atoms with van der Waals surface area (Å²) in [7, 11) is 1.34. The second-order valence-corrected chi connectivity index (χ2v) is 4.95. The van der Waals surface area contributed by atoms with Crippen molar-refractivity contribution < 1.29 is 27.8 Å². The maximum Gasteiger partial charge on any atom is 0.387 e. The Balaban J connectivity index is 1.99. The van der Waals surface area contributed by atoms with Gasteiger partial charge in [0.2, 0.25) is 0 Å². The monoisotopic (exact) mass is 364 g/mol. The third kappa shape index (κ3) is 5.44. The molecule has 2 aromatic carbocycles. The van der Waals surface area contributed by atoms with Gasteiger partial charge in [0, 0.05) is 5.56 Å². The van der Waals surface area contributed by atoms with Gasteiger partial charge in [-0.15, -0.1) is 0 Å². The van der Waals surface area contributed by atoms with E-state index in [0.717, 1.165) is 0 Å². The summed E-state index contributed by atoms with van der Waals surface area (Å²) in [5, 5.41) is 3.84. The van der Waals surface area contributed by atoms with Crippen molar-refractivity contribution in [2.24, 2.45) is 5.10 Å². The van der Waals surface area contributed by atoms with E-state index in [4.69, 9.17) is 9.47 Å². The molecule has 0 radical (unpaired) electrons. The summed E-state index contributed by atoms with van der Waals surface area (Å²) in [4.78, 5) is 12.0. The molecule has 138 valence electrons. The molecule has 1 N–H and O–H groups in total. The van der Waals surface area contributed by atoms with Crippen LogP contribution in [0.1, 0.15) is 22.8 Å². The van der Waals surface area contributed by atoms with Crippen LogP contribution in [0.25, 0.3) is 0 Å². The smallest absolute Gasteiger partial charge is 0.387 e. The summed E-state index contributed by atoms with van der Waals surface area (Å²) in [5.74, 6) is 0.324. The quantitative estimate of drug-likeness (QED) is 0.575. The number of rotatable bonds is 8. The zero-order chi connectivity index (χ0) is 18.9. The topological polar surface area (TPSA) is 69.2 Å². The van der Waals surface area contributed by atoms with E-state index in [1.54, 1.807) is 24.3 Å². The molecule has 0 aliphatic rings. The van der Waals surface area contributed by atoms with Crippen LogP contribution >= 0.6 is 0 Å². The fourth-order valence-electron chi connectivity index (χ4n) is 2.06. The van der Waals surface area contributed by atoms with Crippen LogP contribution in [-0.4, -0.2) is 32.4 Å². The van der Waals surface area contributed by atoms with Crippen molar-refractivity contribution in [3.63, 3.8) is 0 Å². The van der Waals surface area contributed by atoms with Crippen molar-refractivity contribution in [2.45, 2.75) is 13.5 Å². The van der Waals surface area contributed by atoms with Gasteiger partial charge in [-0.25, -0.2) is 5.43 Å². The molecule has 0 spiro atoms. The fraction of sp³-hybridized carbons (Fsp3) is 0.222. The lowest BCUT2D eigenvalue weighted by Crippen LogP contribution is -2.17. The average molecular weight is 364 g/mol. The Morgan fingerprint density at radius 2 is 1.92 bits per heavy atom. The third-order valence-electron chi connectivity index (χ3n) is 3.21. The van der Waals surface area contributed by atoms with E-state index in [1.165, 1.54) is 31.5 Å². The molecule has 26 heavy (non-hydrogen) atoms. The molecule has 0 atom stereocenters. The number of nitrogens with one attached hydrogen (secondary N) is 1. The maximum absolute atomic E-state index is 12.3. The summed E-state index contributed by atoms with van der Waals surface area (Å²) in [5.41, 5.74) is 3.34. The van der Waals surface area contributed by atoms with Crippen LogP contribution < -0.4 is 19.6 Å². The zero-order valence-electron chi connectivity index (χ0n) is 14.2. The molecule has 6 nitrogen and oxygen atoms in total. The third-order valence-corrected chi connectivity index (χ3v) is 3.21. The van der Waals surface area contributed by atoms with Crippen LogP contribution in [0.2, 0.25) is 0 Å². The van der Waals surface area contributed by atoms with Gasteiger partial charge in [-0.3, -0.25) is 4.79 Å². The average Bonchev–Trinajstić information content (AvgIpc) is 2.63. The van der Waals surface area contributed by atoms with Crippen LogP contribution in [0.4, 0.5) is 8.78 Å². The van der Waals surface area contributed by atoms with Gasteiger partial charge in [0.1, 0.15) is 5.75 Å². The minimum atomic E-state index is -2.95. The molecular formula is C18H18F2N2O4. The lowest BCUT2D eigenvalue weighted by Gasteiger charge is -2.10. The second kappa shape index (κ2) is 9.36. The lowest BCUT2D eigenvalue weighted by molar-refractivity contribution is -0.0512. The maximum atomic E-state index is 12.3. The number of carbonyl (C=O) groups excluding carboxylic acids is 1. The highest BCUT2D eigenvalue weighted by molar-refractivity contribution is 5.95. The van der Waals surface area contributed by atoms with Gasteiger partial charge in [-0.1, -0.05) is 0 Å². The molecule has 1 amide bonds. The fourth-order valence-corrected chi connectivity index (χ4v) is 2.06. The predicted molar refractivity (Wildman–Crippen MR) is 92.3 cm³/mol. The van der Waals surface area contributed by atoms with Crippen LogP contribution in [0.5, 0.6) is 17.2 Å². The van der Waals surface area contributed by atoms with Gasteiger partial charge in [0.05, 0.1) is 19.9 Å². The molecule has 2 aromatic rings. The van der Waals surface area contributed by atoms with Crippen molar-refractivity contribution in [1.82, 2.24) is 5.43 Å². The minimum Gasteiger partial charge on any atom is -0.494 e. The number of hydrogen-bond donors (Lipinski definition) is 1. The first kappa shape index (κ1) is 19.2. The van der Waals surface area contributed by atoms with Crippen molar-refractivity contribution >= 4 is 12.1 Å². The molecule has 0 fully saturated rings. The van der Waals surface area contributed by atoms with E-state index >= 15 is 0 Å². The van der Waals surface area contributed by atoms with E-state index < -0.39 is 12.5 Å². The summed E-state index contributed by atoms with van der Waals surface area (Å²) in [6, 6.07) is 10.9. The highest BCUT2D eigenvalue weighted by Crippen LogP contribution is 2.28. The molecule has 0 unspecified atom stereocenters. The van der Waals surface area contributed by atoms with E-state index in [0.29, 0.717) is 23.5 Å². The summed E-state index contributed by atoms with van der Waals surface area (Å²) >= 11 is 0. The van der Waals surface area contributed by atoms with Crippen molar-refractivity contribution in [2.75, 3.05) is 13.7 Å². The molecule has 0 aliphatic carbocycles. The second-order valence-electron chi connectivity index (χ2n) is 4.95. The van der Waals surface area contributed by atoms with Crippen LogP contribution in [-0.2, 0) is 0 Å². The van der Waals surface area contributed by atoms with E-state index in [-0.39, 0.29) is 11.5 Å². The molecule has 0 aromatic heterocycles. The van der Waals surface area contributed by atoms with E-state index in [1.807, 2.05) is 6.92 Å². The molecule has 0 bridgehead atoms. The van der Waals surface area contributed by atoms with E-state index in [9.17, 15) is 13.6 Å². The minimum absolute atomic E-state index is 0.0851. The van der Waals surface area contributed by atoms with Gasteiger partial charge in [0.25, 0.3) is 5.91 Å². The molecule has 0 heterocycles. The summed E-state index contributed by atoms with van der Waals surface area (Å²) < 4.78 is 39.2. The zero-order valence-corrected chi connectivity index (χ0v) is 14.2. The largest absolute Gasteiger partial charge is 0.494 e. The molecule has 0 saturated heterocycles. The number of carbonyl (C=O) groups is 1. The first-order valence-electron chi connectivity index (χ1n) is 7.72. The number of methoxy groups -OCH3 is 1. The highest BCUT2D eigenvalue weighted by atomic mass is 19.3. The van der Waals surface area contributed by atoms with Crippen molar-refractivity contribution in [1.29, 1.82) is 0 Å². The van der Waals surface area contributed by atoms with Crippen molar-refractivity contribution in [3.05, 3.63) is 53.6 Å². The number of ether oxygens (including phenoxy) is 3. The molecule has 2 rings (SSSR count). The van der Waals surface area contributed by atoms with Gasteiger partial charge >= 0.3 is 6.61 Å². The van der Waals surface area contributed by atoms with Crippen LogP contribution in [0.15, 0.2) is 47.6 Å². The number of benzene rings is 2. The molecular weight excluding hydrogens is 346 g/mol. The Morgan fingerprint density at radius 1 is 1.19 bits per heavy atom. The number of nitrogens with zero attached hydrogens (tertiary/aromatic N) is 1. The van der Waals surface area contributed by atoms with Crippen LogP contribution in [0, 0.1) is 0 Å². The Morgan fingerprint density at radius 3 is 2.54 bits per heavy atom. The number of hydrogen-bond acceptors (Lipinski definition) is 5. The molecule has 0 saturated carbocycles. The van der Waals surface area contributed by atoms with Gasteiger partial charge in [-0.2, -0.15) is 13.9 Å². The van der Waals surface area contributed by atoms with Gasteiger partial charge in [0.15, 0.2) is 11.5 Å². The SMILES string of the molecule is CCOc1ccc(C(=O)N/N=C/c2ccc(OC(F)F)c(OC)c2)cc1. The first-order chi connectivity index (χ1) is 12.5. The van der Waals surface area contributed by atoms with E-state index in [2.05, 4.69) is 15.3 Å². The number of alkyl halides is 2. The normalized spacial score (nSPS) is 10.8. The van der Waals surface area contributed by atoms with Gasteiger partial charge in [-0.05, 0) is 55.0 Å². The number of hydrazone groups is 1. The highest BCUT2D eigenvalue weighted by Gasteiger charge is 2.10. The Hall–Kier alpha value is -3.16. The lowest BCUT2D eigenvalue weighted by atomic mass is 10.2. The number of halogens is 2. The van der Waals surface area contributed by atoms with Gasteiger partial charge < -0.3 is 14.2 Å². The molecule has 8 heteroatoms. The standard InChI is InChI=1S/C18H18F2N2O4/c1-3-25-14-7-5-13(6-8-14)17(23)22-21-11-12-4-9-15(26-18(19)20)16(10-12)24-2/h4-11,18H,3H2,1-2H3,(H,22,23)/b21-11+. The van der Waals surface area contributed by atoms with Crippen LogP contribution in [0.3, 0.4) is 0 Å². The van der Waals surface area contributed by atoms with Crippen molar-refractivity contribution in [3.8, 4) is 17.2 Å². The Labute approximate surface area is 149 Å².